The summed E-state index contributed by atoms with van der Waals surface area (Å²) in [5, 5.41) is 7.24. The lowest BCUT2D eigenvalue weighted by molar-refractivity contribution is -0.140. The highest BCUT2D eigenvalue weighted by molar-refractivity contribution is 5.94. The van der Waals surface area contributed by atoms with Crippen LogP contribution in [0.4, 0.5) is 17.6 Å². The molecule has 1 aromatic heterocycles. The van der Waals surface area contributed by atoms with E-state index in [1.807, 2.05) is 0 Å². The van der Waals surface area contributed by atoms with E-state index >= 15 is 0 Å². The van der Waals surface area contributed by atoms with Gasteiger partial charge in [0.2, 0.25) is 0 Å². The molecule has 4 rings (SSSR count). The van der Waals surface area contributed by atoms with Crippen LogP contribution in [-0.4, -0.2) is 52.1 Å². The van der Waals surface area contributed by atoms with E-state index in [1.54, 1.807) is 4.90 Å². The first-order valence-corrected chi connectivity index (χ1v) is 10.7. The zero-order chi connectivity index (χ0) is 22.2. The maximum absolute atomic E-state index is 13.9. The molecule has 0 saturated carbocycles. The average molecular weight is 438 g/mol. The van der Waals surface area contributed by atoms with Crippen molar-refractivity contribution in [3.8, 4) is 0 Å². The molecule has 1 fully saturated rings. The van der Waals surface area contributed by atoms with Gasteiger partial charge in [-0.3, -0.25) is 14.8 Å². The third-order valence-electron chi connectivity index (χ3n) is 6.31. The molecular weight excluding hydrogens is 412 g/mol. The molecule has 3 heterocycles. The third-order valence-corrected chi connectivity index (χ3v) is 6.31. The average Bonchev–Trinajstić information content (AvgIpc) is 3.16. The number of rotatable bonds is 4. The summed E-state index contributed by atoms with van der Waals surface area (Å²) >= 11 is 0. The first-order chi connectivity index (χ1) is 14.8. The van der Waals surface area contributed by atoms with Crippen LogP contribution in [0.15, 0.2) is 18.2 Å². The van der Waals surface area contributed by atoms with E-state index in [1.165, 1.54) is 12.1 Å². The largest absolute Gasteiger partial charge is 0.419 e. The lowest BCUT2D eigenvalue weighted by Gasteiger charge is -2.33. The van der Waals surface area contributed by atoms with Gasteiger partial charge in [0.25, 0.3) is 5.91 Å². The molecule has 0 atom stereocenters. The second kappa shape index (κ2) is 8.61. The molecule has 9 heteroatoms. The van der Waals surface area contributed by atoms with Crippen molar-refractivity contribution in [2.45, 2.75) is 51.2 Å². The molecule has 2 aliphatic rings. The van der Waals surface area contributed by atoms with Gasteiger partial charge in [-0.2, -0.15) is 18.3 Å². The summed E-state index contributed by atoms with van der Waals surface area (Å²) in [6.45, 7) is 5.31. The Morgan fingerprint density at radius 1 is 1.23 bits per heavy atom. The SMILES string of the molecule is CCCN1CCc2[nH]nc(C(=O)N3CCC(c4cccc(F)c4C(F)(F)F)CC3)c2C1. The fraction of sp³-hybridized carbons (Fsp3) is 0.545. The molecular formula is C22H26F4N4O. The van der Waals surface area contributed by atoms with Crippen LogP contribution < -0.4 is 0 Å². The Labute approximate surface area is 178 Å². The number of hydrogen-bond acceptors (Lipinski definition) is 3. The summed E-state index contributed by atoms with van der Waals surface area (Å²) in [7, 11) is 0. The number of fused-ring (bicyclic) bond motifs is 1. The summed E-state index contributed by atoms with van der Waals surface area (Å²) in [4.78, 5) is 17.1. The van der Waals surface area contributed by atoms with E-state index in [4.69, 9.17) is 0 Å². The maximum Gasteiger partial charge on any atom is 0.419 e. The molecule has 2 aliphatic heterocycles. The number of benzene rings is 1. The van der Waals surface area contributed by atoms with Gasteiger partial charge in [-0.05, 0) is 43.4 Å². The number of likely N-dealkylation sites (tertiary alicyclic amines) is 1. The van der Waals surface area contributed by atoms with Gasteiger partial charge >= 0.3 is 6.18 Å². The summed E-state index contributed by atoms with van der Waals surface area (Å²) < 4.78 is 54.1. The van der Waals surface area contributed by atoms with Crippen molar-refractivity contribution in [3.63, 3.8) is 0 Å². The van der Waals surface area contributed by atoms with Crippen molar-refractivity contribution in [1.29, 1.82) is 0 Å². The number of aromatic nitrogens is 2. The Bertz CT molecular complexity index is 947. The van der Waals surface area contributed by atoms with Gasteiger partial charge in [0.15, 0.2) is 5.69 Å². The molecule has 0 aliphatic carbocycles. The van der Waals surface area contributed by atoms with E-state index in [0.29, 0.717) is 38.2 Å². The first-order valence-electron chi connectivity index (χ1n) is 10.7. The van der Waals surface area contributed by atoms with Gasteiger partial charge in [-0.15, -0.1) is 0 Å². The first kappa shape index (κ1) is 21.8. The monoisotopic (exact) mass is 438 g/mol. The van der Waals surface area contributed by atoms with Crippen molar-refractivity contribution < 1.29 is 22.4 Å². The molecule has 0 spiro atoms. The minimum Gasteiger partial charge on any atom is -0.337 e. The summed E-state index contributed by atoms with van der Waals surface area (Å²) in [5.74, 6) is -1.88. The summed E-state index contributed by atoms with van der Waals surface area (Å²) in [6.07, 6.45) is -2.19. The Morgan fingerprint density at radius 2 is 1.97 bits per heavy atom. The number of alkyl halides is 3. The van der Waals surface area contributed by atoms with Crippen LogP contribution >= 0.6 is 0 Å². The second-order valence-corrected chi connectivity index (χ2v) is 8.32. The number of piperidine rings is 1. The number of amides is 1. The van der Waals surface area contributed by atoms with Crippen LogP contribution in [0, 0.1) is 5.82 Å². The molecule has 31 heavy (non-hydrogen) atoms. The third kappa shape index (κ3) is 4.33. The summed E-state index contributed by atoms with van der Waals surface area (Å²) in [6, 6.07) is 3.50. The number of nitrogens with zero attached hydrogens (tertiary/aromatic N) is 3. The molecule has 5 nitrogen and oxygen atoms in total. The maximum atomic E-state index is 13.9. The lowest BCUT2D eigenvalue weighted by atomic mass is 9.86. The zero-order valence-electron chi connectivity index (χ0n) is 17.4. The number of carbonyl (C=O) groups excluding carboxylic acids is 1. The van der Waals surface area contributed by atoms with Crippen molar-refractivity contribution >= 4 is 5.91 Å². The van der Waals surface area contributed by atoms with Crippen LogP contribution in [0.1, 0.15) is 65.0 Å². The van der Waals surface area contributed by atoms with Crippen molar-refractivity contribution in [1.82, 2.24) is 20.0 Å². The van der Waals surface area contributed by atoms with Gasteiger partial charge in [-0.25, -0.2) is 4.39 Å². The minimum absolute atomic E-state index is 0.0213. The van der Waals surface area contributed by atoms with Crippen molar-refractivity contribution in [3.05, 3.63) is 52.1 Å². The van der Waals surface area contributed by atoms with E-state index < -0.39 is 23.5 Å². The van der Waals surface area contributed by atoms with Gasteiger partial charge in [0.1, 0.15) is 5.82 Å². The van der Waals surface area contributed by atoms with E-state index in [2.05, 4.69) is 22.0 Å². The van der Waals surface area contributed by atoms with Crippen LogP contribution in [-0.2, 0) is 19.1 Å². The van der Waals surface area contributed by atoms with Gasteiger partial charge < -0.3 is 4.90 Å². The number of carbonyl (C=O) groups is 1. The van der Waals surface area contributed by atoms with Crippen LogP contribution in [0.3, 0.4) is 0 Å². The predicted molar refractivity (Wildman–Crippen MR) is 107 cm³/mol. The van der Waals surface area contributed by atoms with Crippen molar-refractivity contribution in [2.24, 2.45) is 0 Å². The standard InChI is InChI=1S/C22H26F4N4O/c1-2-9-29-10-8-18-16(13-29)20(28-27-18)21(31)30-11-6-14(7-12-30)15-4-3-5-17(23)19(15)22(24,25)26/h3-5,14H,2,6-13H2,1H3,(H,27,28). The van der Waals surface area contributed by atoms with E-state index in [0.717, 1.165) is 43.3 Å². The van der Waals surface area contributed by atoms with Gasteiger partial charge in [0.05, 0.1) is 5.56 Å². The minimum atomic E-state index is -4.74. The number of hydrogen-bond donors (Lipinski definition) is 1. The highest BCUT2D eigenvalue weighted by atomic mass is 19.4. The predicted octanol–water partition coefficient (Wildman–Crippen LogP) is 4.36. The van der Waals surface area contributed by atoms with Gasteiger partial charge in [0, 0.05) is 43.9 Å². The number of nitrogens with one attached hydrogen (secondary N) is 1. The fourth-order valence-electron chi connectivity index (χ4n) is 4.76. The molecule has 0 radical (unpaired) electrons. The lowest BCUT2D eigenvalue weighted by Crippen LogP contribution is -2.39. The number of aromatic amines is 1. The smallest absolute Gasteiger partial charge is 0.337 e. The van der Waals surface area contributed by atoms with Crippen LogP contribution in [0.25, 0.3) is 0 Å². The molecule has 1 aromatic carbocycles. The summed E-state index contributed by atoms with van der Waals surface area (Å²) in [5.41, 5.74) is 1.12. The molecule has 1 N–H and O–H groups in total. The van der Waals surface area contributed by atoms with E-state index in [9.17, 15) is 22.4 Å². The molecule has 0 bridgehead atoms. The molecule has 1 amide bonds. The topological polar surface area (TPSA) is 52.2 Å². The highest BCUT2D eigenvalue weighted by Crippen LogP contribution is 2.40. The molecule has 168 valence electrons. The second-order valence-electron chi connectivity index (χ2n) is 8.32. The van der Waals surface area contributed by atoms with Crippen LogP contribution in [0.5, 0.6) is 0 Å². The van der Waals surface area contributed by atoms with Gasteiger partial charge in [-0.1, -0.05) is 19.1 Å². The van der Waals surface area contributed by atoms with Crippen molar-refractivity contribution in [2.75, 3.05) is 26.2 Å². The molecule has 0 unspecified atom stereocenters. The van der Waals surface area contributed by atoms with Crippen LogP contribution in [0.2, 0.25) is 0 Å². The molecule has 2 aromatic rings. The zero-order valence-corrected chi connectivity index (χ0v) is 17.4. The van der Waals surface area contributed by atoms with E-state index in [-0.39, 0.29) is 11.5 Å². The highest BCUT2D eigenvalue weighted by Gasteiger charge is 2.39. The number of halogens is 4. The Morgan fingerprint density at radius 3 is 2.65 bits per heavy atom. The number of H-pyrrole nitrogens is 1. The Balaban J connectivity index is 1.47. The molecule has 1 saturated heterocycles. The fourth-order valence-corrected chi connectivity index (χ4v) is 4.76. The quantitative estimate of drug-likeness (QED) is 0.722. The normalized spacial score (nSPS) is 18.3. The Hall–Kier alpha value is -2.42. The Kier molecular flexibility index (Phi) is 6.05.